The quantitative estimate of drug-likeness (QED) is 0.205. The van der Waals surface area contributed by atoms with E-state index in [4.69, 9.17) is 4.74 Å². The molecular weight excluding hydrogens is 540 g/mol. The summed E-state index contributed by atoms with van der Waals surface area (Å²) in [5.41, 5.74) is 3.34. The lowest BCUT2D eigenvalue weighted by Crippen LogP contribution is -2.42. The molecule has 12 heteroatoms. The molecule has 0 aliphatic heterocycles. The molecule has 0 aliphatic rings. The van der Waals surface area contributed by atoms with Crippen LogP contribution in [0.2, 0.25) is 0 Å². The molecule has 0 aliphatic carbocycles. The predicted octanol–water partition coefficient (Wildman–Crippen LogP) is 3.88. The van der Waals surface area contributed by atoms with E-state index in [-0.39, 0.29) is 24.8 Å². The van der Waals surface area contributed by atoms with Crippen molar-refractivity contribution in [3.8, 4) is 5.75 Å². The van der Waals surface area contributed by atoms with Crippen LogP contribution >= 0.6 is 0 Å². The fourth-order valence-electron chi connectivity index (χ4n) is 4.39. The van der Waals surface area contributed by atoms with Crippen molar-refractivity contribution < 1.29 is 29.0 Å². The van der Waals surface area contributed by atoms with Crippen LogP contribution in [0.15, 0.2) is 55.0 Å². The second-order valence-corrected chi connectivity index (χ2v) is 10.4. The maximum absolute atomic E-state index is 13.1. The number of rotatable bonds is 13. The number of urea groups is 1. The number of aryl methyl sites for hydroxylation is 1. The lowest BCUT2D eigenvalue weighted by Gasteiger charge is -2.19. The maximum atomic E-state index is 13.1. The Bertz CT molecular complexity index is 1420. The van der Waals surface area contributed by atoms with Crippen LogP contribution in [-0.4, -0.2) is 51.6 Å². The number of benzene rings is 2. The molecule has 0 spiro atoms. The van der Waals surface area contributed by atoms with Crippen molar-refractivity contribution in [2.75, 3.05) is 17.7 Å². The molecule has 1 heterocycles. The number of carbonyl (C=O) groups excluding carboxylic acids is 3. The summed E-state index contributed by atoms with van der Waals surface area (Å²) in [5.74, 6) is -1.20. The highest BCUT2D eigenvalue weighted by Gasteiger charge is 2.22. The second-order valence-electron chi connectivity index (χ2n) is 10.4. The van der Waals surface area contributed by atoms with Gasteiger partial charge < -0.3 is 35.7 Å². The van der Waals surface area contributed by atoms with Gasteiger partial charge in [-0.25, -0.2) is 14.6 Å². The predicted molar refractivity (Wildman–Crippen MR) is 158 cm³/mol. The van der Waals surface area contributed by atoms with Crippen LogP contribution in [0.4, 0.5) is 16.2 Å². The number of para-hydroxylation sites is 1. The number of hydrogen-bond acceptors (Lipinski definition) is 6. The number of aromatic nitrogens is 2. The Labute approximate surface area is 244 Å². The molecule has 0 saturated heterocycles. The van der Waals surface area contributed by atoms with Gasteiger partial charge in [0.05, 0.1) is 43.8 Å². The summed E-state index contributed by atoms with van der Waals surface area (Å²) < 4.78 is 7.04. The summed E-state index contributed by atoms with van der Waals surface area (Å²) in [7, 11) is 1.49. The zero-order valence-electron chi connectivity index (χ0n) is 24.4. The van der Waals surface area contributed by atoms with E-state index in [0.717, 1.165) is 5.56 Å². The van der Waals surface area contributed by atoms with Gasteiger partial charge in [-0.1, -0.05) is 38.1 Å². The highest BCUT2D eigenvalue weighted by atomic mass is 16.5. The summed E-state index contributed by atoms with van der Waals surface area (Å²) in [6.45, 7) is 7.20. The van der Waals surface area contributed by atoms with E-state index < -0.39 is 30.0 Å². The van der Waals surface area contributed by atoms with Crippen LogP contribution in [0.3, 0.4) is 0 Å². The molecule has 2 unspecified atom stereocenters. The van der Waals surface area contributed by atoms with Crippen LogP contribution in [-0.2, 0) is 27.3 Å². The van der Waals surface area contributed by atoms with Gasteiger partial charge in [-0.05, 0) is 48.6 Å². The van der Waals surface area contributed by atoms with Crippen molar-refractivity contribution in [1.29, 1.82) is 0 Å². The Morgan fingerprint density at radius 1 is 1.02 bits per heavy atom. The molecule has 42 heavy (non-hydrogen) atoms. The molecule has 224 valence electrons. The molecule has 2 atom stereocenters. The minimum absolute atomic E-state index is 0.00653. The topological polar surface area (TPSA) is 164 Å². The number of imidazole rings is 1. The molecule has 0 bridgehead atoms. The van der Waals surface area contributed by atoms with E-state index in [1.165, 1.54) is 20.4 Å². The van der Waals surface area contributed by atoms with Gasteiger partial charge >= 0.3 is 12.0 Å². The number of carbonyl (C=O) groups is 4. The molecule has 1 aromatic heterocycles. The molecule has 5 N–H and O–H groups in total. The van der Waals surface area contributed by atoms with Gasteiger partial charge in [0.15, 0.2) is 0 Å². The molecule has 4 amide bonds. The zero-order chi connectivity index (χ0) is 30.8. The maximum Gasteiger partial charge on any atom is 0.328 e. The van der Waals surface area contributed by atoms with E-state index in [0.29, 0.717) is 34.8 Å². The first-order valence-electron chi connectivity index (χ1n) is 13.6. The Kier molecular flexibility index (Phi) is 11.1. The number of amides is 4. The molecule has 0 fully saturated rings. The number of methoxy groups -OCH3 is 1. The lowest BCUT2D eigenvalue weighted by molar-refractivity contribution is -0.141. The van der Waals surface area contributed by atoms with Crippen LogP contribution in [0.25, 0.3) is 0 Å². The van der Waals surface area contributed by atoms with Gasteiger partial charge in [-0.15, -0.1) is 0 Å². The van der Waals surface area contributed by atoms with Gasteiger partial charge in [0.25, 0.3) is 0 Å². The Morgan fingerprint density at radius 2 is 1.74 bits per heavy atom. The number of carboxylic acids is 1. The molecule has 0 saturated carbocycles. The highest BCUT2D eigenvalue weighted by molar-refractivity contribution is 6.01. The van der Waals surface area contributed by atoms with E-state index in [9.17, 15) is 24.3 Å². The Balaban J connectivity index is 1.67. The van der Waals surface area contributed by atoms with Crippen molar-refractivity contribution in [2.45, 2.75) is 59.2 Å². The van der Waals surface area contributed by atoms with Crippen LogP contribution in [0.1, 0.15) is 50.1 Å². The first-order valence-corrected chi connectivity index (χ1v) is 13.6. The van der Waals surface area contributed by atoms with Crippen molar-refractivity contribution in [3.63, 3.8) is 0 Å². The highest BCUT2D eigenvalue weighted by Crippen LogP contribution is 2.27. The third-order valence-electron chi connectivity index (χ3n) is 6.39. The second kappa shape index (κ2) is 14.7. The van der Waals surface area contributed by atoms with Gasteiger partial charge in [0.2, 0.25) is 11.8 Å². The Morgan fingerprint density at radius 3 is 2.38 bits per heavy atom. The average Bonchev–Trinajstić information content (AvgIpc) is 3.38. The van der Waals surface area contributed by atoms with Crippen LogP contribution in [0, 0.1) is 12.8 Å². The lowest BCUT2D eigenvalue weighted by atomic mass is 10.0. The monoisotopic (exact) mass is 578 g/mol. The van der Waals surface area contributed by atoms with Crippen molar-refractivity contribution in [1.82, 2.24) is 20.2 Å². The van der Waals surface area contributed by atoms with E-state index in [2.05, 4.69) is 26.3 Å². The molecule has 12 nitrogen and oxygen atoms in total. The van der Waals surface area contributed by atoms with Gasteiger partial charge in [0, 0.05) is 18.8 Å². The van der Waals surface area contributed by atoms with Gasteiger partial charge in [0.1, 0.15) is 11.8 Å². The largest absolute Gasteiger partial charge is 0.495 e. The third-order valence-corrected chi connectivity index (χ3v) is 6.39. The molecule has 2 aromatic carbocycles. The van der Waals surface area contributed by atoms with Crippen molar-refractivity contribution in [3.05, 3.63) is 71.8 Å². The SMILES string of the molecule is COc1cc(CC(=O)NC(CC(C)C)c2cn(CC(NC(C)=O)C(=O)O)cn2)ccc1NC(=O)Nc1ccccc1C. The van der Waals surface area contributed by atoms with E-state index in [1.807, 2.05) is 45.0 Å². The third kappa shape index (κ3) is 9.36. The minimum Gasteiger partial charge on any atom is -0.495 e. The summed E-state index contributed by atoms with van der Waals surface area (Å²) in [4.78, 5) is 52.9. The normalized spacial score (nSPS) is 12.2. The number of nitrogens with one attached hydrogen (secondary N) is 4. The van der Waals surface area contributed by atoms with Crippen molar-refractivity contribution in [2.24, 2.45) is 5.92 Å². The van der Waals surface area contributed by atoms with Gasteiger partial charge in [-0.3, -0.25) is 9.59 Å². The van der Waals surface area contributed by atoms with E-state index >= 15 is 0 Å². The first-order chi connectivity index (χ1) is 19.9. The summed E-state index contributed by atoms with van der Waals surface area (Å²) in [6, 6.07) is 10.6. The summed E-state index contributed by atoms with van der Waals surface area (Å²) in [6.07, 6.45) is 3.83. The number of hydrogen-bond donors (Lipinski definition) is 5. The molecule has 3 aromatic rings. The fourth-order valence-corrected chi connectivity index (χ4v) is 4.39. The molecule has 0 radical (unpaired) electrons. The van der Waals surface area contributed by atoms with Crippen LogP contribution < -0.4 is 26.0 Å². The van der Waals surface area contributed by atoms with Gasteiger partial charge in [-0.2, -0.15) is 0 Å². The zero-order valence-corrected chi connectivity index (χ0v) is 24.4. The molecular formula is C30H38N6O6. The standard InChI is InChI=1S/C30H38N6O6/c1-18(2)12-24(25-15-36(17-31-25)16-26(29(39)40)32-20(4)37)33-28(38)14-21-10-11-23(27(13-21)42-5)35-30(41)34-22-9-7-6-8-19(22)3/h6-11,13,15,17-18,24,26H,12,14,16H2,1-5H3,(H,32,37)(H,33,38)(H,39,40)(H2,34,35,41). The van der Waals surface area contributed by atoms with Crippen LogP contribution in [0.5, 0.6) is 5.75 Å². The van der Waals surface area contributed by atoms with E-state index in [1.54, 1.807) is 29.0 Å². The molecule has 3 rings (SSSR count). The number of carboxylic acid groups (broad SMARTS) is 1. The first kappa shape index (κ1) is 31.7. The fraction of sp³-hybridized carbons (Fsp3) is 0.367. The van der Waals surface area contributed by atoms with Crippen molar-refractivity contribution >= 4 is 35.2 Å². The summed E-state index contributed by atoms with van der Waals surface area (Å²) >= 11 is 0. The summed E-state index contributed by atoms with van der Waals surface area (Å²) in [5, 5.41) is 20.4. The smallest absolute Gasteiger partial charge is 0.328 e. The number of nitrogens with zero attached hydrogens (tertiary/aromatic N) is 2. The number of ether oxygens (including phenoxy) is 1. The Hall–Kier alpha value is -4.87. The minimum atomic E-state index is -1.16. The average molecular weight is 579 g/mol. The number of aliphatic carboxylic acids is 1. The number of anilines is 2.